The molecule has 10 heteroatoms. The van der Waals surface area contributed by atoms with Crippen LogP contribution in [-0.4, -0.2) is 56.3 Å². The maximum atomic E-state index is 12.5. The van der Waals surface area contributed by atoms with Gasteiger partial charge in [0, 0.05) is 25.6 Å². The van der Waals surface area contributed by atoms with Crippen molar-refractivity contribution in [3.05, 3.63) is 28.3 Å². The summed E-state index contributed by atoms with van der Waals surface area (Å²) in [6.07, 6.45) is 0.116. The lowest BCUT2D eigenvalue weighted by Gasteiger charge is -2.26. The number of hydrogen-bond donors (Lipinski definition) is 0. The zero-order valence-electron chi connectivity index (χ0n) is 13.1. The molecule has 1 aliphatic rings. The minimum Gasteiger partial charge on any atom is -0.486 e. The van der Waals surface area contributed by atoms with E-state index in [1.165, 1.54) is 23.4 Å². The van der Waals surface area contributed by atoms with Crippen LogP contribution in [0.4, 0.5) is 5.69 Å². The van der Waals surface area contributed by atoms with Crippen LogP contribution in [0.5, 0.6) is 5.75 Å². The molecule has 0 atom stereocenters. The second-order valence-corrected chi connectivity index (χ2v) is 7.14. The predicted octanol–water partition coefficient (Wildman–Crippen LogP) is 0.974. The van der Waals surface area contributed by atoms with Crippen LogP contribution in [0, 0.1) is 10.1 Å². The molecule has 1 fully saturated rings. The fraction of sp³-hybridized carbons (Fsp3) is 0.500. The normalized spacial score (nSPS) is 15.9. The molecule has 1 aliphatic heterocycles. The summed E-state index contributed by atoms with van der Waals surface area (Å²) in [5.74, 6) is -0.175. The first kappa shape index (κ1) is 18.3. The van der Waals surface area contributed by atoms with E-state index in [4.69, 9.17) is 9.47 Å². The summed E-state index contributed by atoms with van der Waals surface area (Å²) in [4.78, 5) is 21.2. The first-order valence-corrected chi connectivity index (χ1v) is 8.75. The number of Topliss-reactive ketones (excluding diaryl/α,β-unsaturated/α-hetero) is 1. The molecule has 0 amide bonds. The lowest BCUT2D eigenvalue weighted by Crippen LogP contribution is -2.40. The van der Waals surface area contributed by atoms with Crippen molar-refractivity contribution in [1.82, 2.24) is 4.31 Å². The van der Waals surface area contributed by atoms with E-state index in [-0.39, 0.29) is 55.8 Å². The van der Waals surface area contributed by atoms with E-state index in [1.54, 1.807) is 0 Å². The Kier molecular flexibility index (Phi) is 5.86. The molecule has 1 aromatic carbocycles. The van der Waals surface area contributed by atoms with Gasteiger partial charge in [-0.05, 0) is 19.1 Å². The molecule has 1 heterocycles. The van der Waals surface area contributed by atoms with Crippen LogP contribution in [0.1, 0.15) is 13.3 Å². The largest absolute Gasteiger partial charge is 0.486 e. The molecule has 1 saturated heterocycles. The van der Waals surface area contributed by atoms with Gasteiger partial charge in [-0.2, -0.15) is 4.31 Å². The zero-order valence-corrected chi connectivity index (χ0v) is 14.0. The Morgan fingerprint density at radius 3 is 2.62 bits per heavy atom. The van der Waals surface area contributed by atoms with Crippen LogP contribution >= 0.6 is 0 Å². The molecule has 132 valence electrons. The highest BCUT2D eigenvalue weighted by molar-refractivity contribution is 7.89. The van der Waals surface area contributed by atoms with Crippen molar-refractivity contribution in [2.45, 2.75) is 18.2 Å². The Labute approximate surface area is 139 Å². The first-order chi connectivity index (χ1) is 11.3. The smallest absolute Gasteiger partial charge is 0.312 e. The predicted molar refractivity (Wildman–Crippen MR) is 83.5 cm³/mol. The summed E-state index contributed by atoms with van der Waals surface area (Å²) in [6, 6.07) is 3.49. The molecule has 0 saturated carbocycles. The highest BCUT2D eigenvalue weighted by atomic mass is 32.2. The Balaban J connectivity index is 2.27. The lowest BCUT2D eigenvalue weighted by atomic mass is 10.3. The van der Waals surface area contributed by atoms with Crippen molar-refractivity contribution in [3.8, 4) is 5.75 Å². The van der Waals surface area contributed by atoms with Crippen LogP contribution in [-0.2, 0) is 19.6 Å². The SMILES string of the molecule is CC(=O)CCOc1ccc(S(=O)(=O)N2CCOCC2)cc1[N+](=O)[O-]. The Morgan fingerprint density at radius 1 is 1.38 bits per heavy atom. The first-order valence-electron chi connectivity index (χ1n) is 7.31. The van der Waals surface area contributed by atoms with Crippen molar-refractivity contribution in [3.63, 3.8) is 0 Å². The number of carbonyl (C=O) groups is 1. The van der Waals surface area contributed by atoms with Crippen LogP contribution in [0.2, 0.25) is 0 Å². The Morgan fingerprint density at radius 2 is 2.04 bits per heavy atom. The highest BCUT2D eigenvalue weighted by Crippen LogP contribution is 2.31. The number of rotatable bonds is 7. The third-order valence-electron chi connectivity index (χ3n) is 3.45. The van der Waals surface area contributed by atoms with Gasteiger partial charge in [-0.1, -0.05) is 0 Å². The fourth-order valence-corrected chi connectivity index (χ4v) is 3.59. The zero-order chi connectivity index (χ0) is 17.7. The molecule has 24 heavy (non-hydrogen) atoms. The fourth-order valence-electron chi connectivity index (χ4n) is 2.16. The van der Waals surface area contributed by atoms with Crippen LogP contribution < -0.4 is 4.74 Å². The van der Waals surface area contributed by atoms with E-state index in [1.807, 2.05) is 0 Å². The maximum absolute atomic E-state index is 12.5. The number of ether oxygens (including phenoxy) is 2. The molecule has 1 aromatic rings. The van der Waals surface area contributed by atoms with E-state index >= 15 is 0 Å². The Bertz CT molecular complexity index is 727. The molecule has 9 nitrogen and oxygen atoms in total. The summed E-state index contributed by atoms with van der Waals surface area (Å²) in [5, 5.41) is 11.2. The standard InChI is InChI=1S/C14H18N2O7S/c1-11(17)4-7-23-14-3-2-12(10-13(14)16(18)19)24(20,21)15-5-8-22-9-6-15/h2-3,10H,4-9H2,1H3. The van der Waals surface area contributed by atoms with Crippen molar-refractivity contribution < 1.29 is 27.6 Å². The summed E-state index contributed by atoms with van der Waals surface area (Å²) in [7, 11) is -3.83. The van der Waals surface area contributed by atoms with Gasteiger partial charge in [-0.15, -0.1) is 0 Å². The molecule has 0 aromatic heterocycles. The number of hydrogen-bond acceptors (Lipinski definition) is 7. The van der Waals surface area contributed by atoms with Gasteiger partial charge in [0.2, 0.25) is 10.0 Å². The molecule has 0 aliphatic carbocycles. The topological polar surface area (TPSA) is 116 Å². The van der Waals surface area contributed by atoms with Gasteiger partial charge in [0.15, 0.2) is 5.75 Å². The number of nitro groups is 1. The number of sulfonamides is 1. The monoisotopic (exact) mass is 358 g/mol. The highest BCUT2D eigenvalue weighted by Gasteiger charge is 2.29. The number of nitrogens with zero attached hydrogens (tertiary/aromatic N) is 2. The number of carbonyl (C=O) groups excluding carboxylic acids is 1. The van der Waals surface area contributed by atoms with E-state index in [2.05, 4.69) is 0 Å². The van der Waals surface area contributed by atoms with Crippen LogP contribution in [0.3, 0.4) is 0 Å². The number of ketones is 1. The second kappa shape index (κ2) is 7.69. The van der Waals surface area contributed by atoms with Crippen molar-refractivity contribution in [1.29, 1.82) is 0 Å². The van der Waals surface area contributed by atoms with Gasteiger partial charge in [-0.3, -0.25) is 14.9 Å². The number of morpholine rings is 1. The quantitative estimate of drug-likeness (QED) is 0.527. The van der Waals surface area contributed by atoms with Gasteiger partial charge in [0.05, 0.1) is 29.6 Å². The van der Waals surface area contributed by atoms with Gasteiger partial charge in [0.25, 0.3) is 0 Å². The van der Waals surface area contributed by atoms with E-state index in [9.17, 15) is 23.3 Å². The number of benzene rings is 1. The van der Waals surface area contributed by atoms with Gasteiger partial charge >= 0.3 is 5.69 Å². The summed E-state index contributed by atoms with van der Waals surface area (Å²) in [6.45, 7) is 2.35. The molecule has 0 unspecified atom stereocenters. The van der Waals surface area contributed by atoms with Crippen molar-refractivity contribution >= 4 is 21.5 Å². The summed E-state index contributed by atoms with van der Waals surface area (Å²) in [5.41, 5.74) is -0.451. The molecule has 0 spiro atoms. The second-order valence-electron chi connectivity index (χ2n) is 5.20. The van der Waals surface area contributed by atoms with E-state index < -0.39 is 20.6 Å². The summed E-state index contributed by atoms with van der Waals surface area (Å²) < 4.78 is 36.7. The molecule has 0 radical (unpaired) electrons. The molecule has 0 bridgehead atoms. The maximum Gasteiger partial charge on any atom is 0.312 e. The summed E-state index contributed by atoms with van der Waals surface area (Å²) >= 11 is 0. The molecule has 2 rings (SSSR count). The minimum atomic E-state index is -3.83. The average molecular weight is 358 g/mol. The minimum absolute atomic E-state index is 0.00820. The van der Waals surface area contributed by atoms with Crippen molar-refractivity contribution in [2.24, 2.45) is 0 Å². The van der Waals surface area contributed by atoms with E-state index in [0.717, 1.165) is 6.07 Å². The van der Waals surface area contributed by atoms with Crippen LogP contribution in [0.15, 0.2) is 23.1 Å². The molecule has 0 N–H and O–H groups in total. The Hall–Kier alpha value is -2.04. The van der Waals surface area contributed by atoms with Crippen LogP contribution in [0.25, 0.3) is 0 Å². The van der Waals surface area contributed by atoms with Gasteiger partial charge in [-0.25, -0.2) is 8.42 Å². The third-order valence-corrected chi connectivity index (χ3v) is 5.34. The third kappa shape index (κ3) is 4.28. The van der Waals surface area contributed by atoms with Crippen molar-refractivity contribution in [2.75, 3.05) is 32.9 Å². The lowest BCUT2D eigenvalue weighted by molar-refractivity contribution is -0.386. The van der Waals surface area contributed by atoms with E-state index in [0.29, 0.717) is 0 Å². The molecular formula is C14H18N2O7S. The number of nitro benzene ring substituents is 1. The van der Waals surface area contributed by atoms with Gasteiger partial charge in [0.1, 0.15) is 5.78 Å². The average Bonchev–Trinajstić information content (AvgIpc) is 2.55. The molecular weight excluding hydrogens is 340 g/mol. The van der Waals surface area contributed by atoms with Gasteiger partial charge < -0.3 is 9.47 Å².